The van der Waals surface area contributed by atoms with Gasteiger partial charge < -0.3 is 15.3 Å². The van der Waals surface area contributed by atoms with Gasteiger partial charge in [0.1, 0.15) is 0 Å². The predicted octanol–water partition coefficient (Wildman–Crippen LogP) is 1.87. The normalized spacial score (nSPS) is 27.6. The van der Waals surface area contributed by atoms with E-state index in [0.717, 1.165) is 45.3 Å². The molecule has 2 heterocycles. The molecule has 1 unspecified atom stereocenters. The molecule has 21 heavy (non-hydrogen) atoms. The van der Waals surface area contributed by atoms with Crippen LogP contribution < -0.4 is 5.32 Å². The molecule has 1 atom stereocenters. The van der Waals surface area contributed by atoms with Crippen LogP contribution in [0.2, 0.25) is 0 Å². The van der Waals surface area contributed by atoms with Gasteiger partial charge >= 0.3 is 5.97 Å². The second-order valence-electron chi connectivity index (χ2n) is 6.59. The van der Waals surface area contributed by atoms with Crippen molar-refractivity contribution in [2.75, 3.05) is 26.2 Å². The standard InChI is InChI=1S/C16H28N2O3/c1-2-16(15(20)21)8-3-11-18(12-16)14(19)5-4-13-6-9-17-10-7-13/h13,17H,2-12H2,1H3,(H,20,21). The first-order chi connectivity index (χ1) is 10.1. The fourth-order valence-electron chi connectivity index (χ4n) is 3.62. The van der Waals surface area contributed by atoms with E-state index in [2.05, 4.69) is 5.32 Å². The number of nitrogens with one attached hydrogen (secondary N) is 1. The van der Waals surface area contributed by atoms with E-state index in [9.17, 15) is 14.7 Å². The molecule has 2 fully saturated rings. The number of amides is 1. The van der Waals surface area contributed by atoms with Crippen molar-refractivity contribution in [1.29, 1.82) is 0 Å². The molecule has 2 N–H and O–H groups in total. The van der Waals surface area contributed by atoms with Crippen molar-refractivity contribution in [3.8, 4) is 0 Å². The number of carboxylic acids is 1. The van der Waals surface area contributed by atoms with Crippen LogP contribution in [0.1, 0.15) is 51.9 Å². The Kier molecular flexibility index (Phi) is 5.62. The lowest BCUT2D eigenvalue weighted by Crippen LogP contribution is -2.49. The van der Waals surface area contributed by atoms with Crippen LogP contribution >= 0.6 is 0 Å². The fraction of sp³-hybridized carbons (Fsp3) is 0.875. The van der Waals surface area contributed by atoms with Gasteiger partial charge in [0, 0.05) is 19.5 Å². The van der Waals surface area contributed by atoms with Gasteiger partial charge in [0.2, 0.25) is 5.91 Å². The Balaban J connectivity index is 1.85. The van der Waals surface area contributed by atoms with Crippen LogP contribution in [0.15, 0.2) is 0 Å². The van der Waals surface area contributed by atoms with Gasteiger partial charge in [0.05, 0.1) is 5.41 Å². The SMILES string of the molecule is CCC1(C(=O)O)CCCN(C(=O)CCC2CCNCC2)C1. The Morgan fingerprint density at radius 1 is 1.33 bits per heavy atom. The van der Waals surface area contributed by atoms with E-state index in [4.69, 9.17) is 0 Å². The smallest absolute Gasteiger partial charge is 0.311 e. The van der Waals surface area contributed by atoms with Gasteiger partial charge in [-0.25, -0.2) is 0 Å². The van der Waals surface area contributed by atoms with E-state index in [0.29, 0.717) is 31.7 Å². The maximum absolute atomic E-state index is 12.4. The molecule has 2 saturated heterocycles. The van der Waals surface area contributed by atoms with E-state index in [1.807, 2.05) is 6.92 Å². The summed E-state index contributed by atoms with van der Waals surface area (Å²) in [6, 6.07) is 0. The highest BCUT2D eigenvalue weighted by Gasteiger charge is 2.41. The summed E-state index contributed by atoms with van der Waals surface area (Å²) in [5.41, 5.74) is -0.720. The number of likely N-dealkylation sites (tertiary alicyclic amines) is 1. The number of aliphatic carboxylic acids is 1. The highest BCUT2D eigenvalue weighted by atomic mass is 16.4. The van der Waals surface area contributed by atoms with Crippen LogP contribution in [0.25, 0.3) is 0 Å². The van der Waals surface area contributed by atoms with Crippen LogP contribution in [0, 0.1) is 11.3 Å². The second kappa shape index (κ2) is 7.25. The van der Waals surface area contributed by atoms with Crippen molar-refractivity contribution in [1.82, 2.24) is 10.2 Å². The summed E-state index contributed by atoms with van der Waals surface area (Å²) in [4.78, 5) is 25.7. The summed E-state index contributed by atoms with van der Waals surface area (Å²) in [6.07, 6.45) is 5.92. The molecule has 0 spiro atoms. The first-order valence-corrected chi connectivity index (χ1v) is 8.29. The zero-order valence-corrected chi connectivity index (χ0v) is 13.1. The number of hydrogen-bond donors (Lipinski definition) is 2. The maximum Gasteiger partial charge on any atom is 0.311 e. The number of hydrogen-bond acceptors (Lipinski definition) is 3. The molecule has 0 radical (unpaired) electrons. The molecule has 120 valence electrons. The first-order valence-electron chi connectivity index (χ1n) is 8.29. The molecule has 0 bridgehead atoms. The third-order valence-corrected chi connectivity index (χ3v) is 5.29. The zero-order valence-electron chi connectivity index (χ0n) is 13.1. The van der Waals surface area contributed by atoms with E-state index in [1.165, 1.54) is 0 Å². The minimum absolute atomic E-state index is 0.146. The van der Waals surface area contributed by atoms with Crippen LogP contribution in [0.5, 0.6) is 0 Å². The lowest BCUT2D eigenvalue weighted by molar-refractivity contribution is -0.155. The third kappa shape index (κ3) is 3.96. The quantitative estimate of drug-likeness (QED) is 0.812. The van der Waals surface area contributed by atoms with Crippen molar-refractivity contribution >= 4 is 11.9 Å². The van der Waals surface area contributed by atoms with Crippen LogP contribution in [0.4, 0.5) is 0 Å². The van der Waals surface area contributed by atoms with Crippen molar-refractivity contribution in [2.45, 2.75) is 51.9 Å². The largest absolute Gasteiger partial charge is 0.481 e. The Hall–Kier alpha value is -1.10. The van der Waals surface area contributed by atoms with Crippen LogP contribution in [0.3, 0.4) is 0 Å². The predicted molar refractivity (Wildman–Crippen MR) is 81.0 cm³/mol. The van der Waals surface area contributed by atoms with Crippen LogP contribution in [-0.4, -0.2) is 48.1 Å². The molecular weight excluding hydrogens is 268 g/mol. The monoisotopic (exact) mass is 296 g/mol. The van der Waals surface area contributed by atoms with E-state index >= 15 is 0 Å². The van der Waals surface area contributed by atoms with Gasteiger partial charge in [0.15, 0.2) is 0 Å². The van der Waals surface area contributed by atoms with Gasteiger partial charge in [-0.15, -0.1) is 0 Å². The topological polar surface area (TPSA) is 69.6 Å². The van der Waals surface area contributed by atoms with Gasteiger partial charge in [-0.05, 0) is 57.5 Å². The highest BCUT2D eigenvalue weighted by molar-refractivity contribution is 5.79. The number of nitrogens with zero attached hydrogens (tertiary/aromatic N) is 1. The van der Waals surface area contributed by atoms with Gasteiger partial charge in [-0.2, -0.15) is 0 Å². The lowest BCUT2D eigenvalue weighted by Gasteiger charge is -2.39. The minimum Gasteiger partial charge on any atom is -0.481 e. The first kappa shape index (κ1) is 16.3. The Bertz CT molecular complexity index is 380. The fourth-order valence-corrected chi connectivity index (χ4v) is 3.62. The number of rotatable bonds is 5. The Labute approximate surface area is 127 Å². The summed E-state index contributed by atoms with van der Waals surface area (Å²) < 4.78 is 0. The van der Waals surface area contributed by atoms with Crippen molar-refractivity contribution < 1.29 is 14.7 Å². The average molecular weight is 296 g/mol. The third-order valence-electron chi connectivity index (χ3n) is 5.29. The molecule has 2 rings (SSSR count). The molecule has 1 amide bonds. The van der Waals surface area contributed by atoms with E-state index < -0.39 is 11.4 Å². The highest BCUT2D eigenvalue weighted by Crippen LogP contribution is 2.34. The molecule has 0 aliphatic carbocycles. The lowest BCUT2D eigenvalue weighted by atomic mass is 9.77. The summed E-state index contributed by atoms with van der Waals surface area (Å²) in [6.45, 7) is 5.14. The summed E-state index contributed by atoms with van der Waals surface area (Å²) in [5, 5.41) is 12.8. The maximum atomic E-state index is 12.4. The molecule has 0 saturated carbocycles. The van der Waals surface area contributed by atoms with Gasteiger partial charge in [-0.1, -0.05) is 6.92 Å². The molecule has 2 aliphatic heterocycles. The molecule has 0 aromatic carbocycles. The van der Waals surface area contributed by atoms with E-state index in [-0.39, 0.29) is 5.91 Å². The number of carbonyl (C=O) groups is 2. The van der Waals surface area contributed by atoms with Crippen LogP contribution in [-0.2, 0) is 9.59 Å². The molecule has 0 aromatic rings. The van der Waals surface area contributed by atoms with Crippen molar-refractivity contribution in [2.24, 2.45) is 11.3 Å². The van der Waals surface area contributed by atoms with Crippen molar-refractivity contribution in [3.05, 3.63) is 0 Å². The Morgan fingerprint density at radius 3 is 2.67 bits per heavy atom. The number of piperidine rings is 2. The Morgan fingerprint density at radius 2 is 2.05 bits per heavy atom. The number of carbonyl (C=O) groups excluding carboxylic acids is 1. The van der Waals surface area contributed by atoms with E-state index in [1.54, 1.807) is 4.90 Å². The number of carboxylic acid groups (broad SMARTS) is 1. The van der Waals surface area contributed by atoms with Gasteiger partial charge in [0.25, 0.3) is 0 Å². The zero-order chi connectivity index (χ0) is 15.3. The second-order valence-corrected chi connectivity index (χ2v) is 6.59. The average Bonchev–Trinajstić information content (AvgIpc) is 2.53. The molecule has 0 aromatic heterocycles. The summed E-state index contributed by atoms with van der Waals surface area (Å²) in [5.74, 6) is 0.0450. The molecule has 2 aliphatic rings. The minimum atomic E-state index is -0.749. The van der Waals surface area contributed by atoms with Gasteiger partial charge in [-0.3, -0.25) is 9.59 Å². The summed E-state index contributed by atoms with van der Waals surface area (Å²) in [7, 11) is 0. The van der Waals surface area contributed by atoms with Crippen molar-refractivity contribution in [3.63, 3.8) is 0 Å². The molecular formula is C16H28N2O3. The summed E-state index contributed by atoms with van der Waals surface area (Å²) >= 11 is 0. The molecule has 5 nitrogen and oxygen atoms in total. The molecule has 5 heteroatoms.